The molecule has 2 saturated heterocycles. The maximum Gasteiger partial charge on any atom is 0.359 e. The van der Waals surface area contributed by atoms with E-state index in [2.05, 4.69) is 0 Å². The van der Waals surface area contributed by atoms with Gasteiger partial charge >= 0.3 is 11.9 Å². The third kappa shape index (κ3) is 5.15. The van der Waals surface area contributed by atoms with Crippen LogP contribution >= 0.6 is 37.0 Å². The van der Waals surface area contributed by atoms with E-state index in [9.17, 15) is 23.7 Å². The van der Waals surface area contributed by atoms with E-state index < -0.39 is 41.6 Å². The number of aliphatic hydroxyl groups is 1. The third-order valence-corrected chi connectivity index (χ3v) is 9.18. The first-order valence-corrected chi connectivity index (χ1v) is 12.2. The highest BCUT2D eigenvalue weighted by Crippen LogP contribution is 2.55. The predicted molar refractivity (Wildman–Crippen MR) is 117 cm³/mol. The number of nitrogens with zero attached hydrogens (tertiary/aromatic N) is 1. The molecule has 12 heteroatoms. The lowest BCUT2D eigenvalue weighted by atomic mass is 9.92. The molecule has 0 radical (unpaired) electrons. The van der Waals surface area contributed by atoms with Crippen molar-refractivity contribution in [2.24, 2.45) is 11.8 Å². The van der Waals surface area contributed by atoms with E-state index >= 15 is 0 Å². The Morgan fingerprint density at radius 2 is 2.03 bits per heavy atom. The van der Waals surface area contributed by atoms with Crippen LogP contribution in [-0.2, 0) is 34.7 Å². The Hall–Kier alpha value is -0.690. The molecule has 1 amide bonds. The number of amides is 1. The number of aliphatic hydroxyl groups excluding tert-OH is 1. The van der Waals surface area contributed by atoms with Crippen LogP contribution in [0.1, 0.15) is 27.2 Å². The lowest BCUT2D eigenvalue weighted by Gasteiger charge is -2.43. The molecule has 3 aliphatic heterocycles. The summed E-state index contributed by atoms with van der Waals surface area (Å²) in [4.78, 5) is 38.0. The largest absolute Gasteiger partial charge is 0.428 e. The van der Waals surface area contributed by atoms with E-state index in [1.54, 1.807) is 20.8 Å². The molecule has 3 aliphatic rings. The molecular weight excluding hydrogens is 458 g/mol. The number of rotatable bonds is 7. The van der Waals surface area contributed by atoms with Crippen LogP contribution in [0.3, 0.4) is 0 Å². The molecule has 1 N–H and O–H groups in total. The van der Waals surface area contributed by atoms with Crippen molar-refractivity contribution < 1.29 is 33.2 Å². The molecule has 29 heavy (non-hydrogen) atoms. The summed E-state index contributed by atoms with van der Waals surface area (Å²) in [6.07, 6.45) is -0.0532. The number of fused-ring (bicyclic) bond motifs is 1. The van der Waals surface area contributed by atoms with Crippen molar-refractivity contribution in [1.82, 2.24) is 4.90 Å². The van der Waals surface area contributed by atoms with Gasteiger partial charge in [0, 0.05) is 27.6 Å². The summed E-state index contributed by atoms with van der Waals surface area (Å²) in [6.45, 7) is 4.36. The van der Waals surface area contributed by atoms with Gasteiger partial charge in [0.1, 0.15) is 5.37 Å². The maximum absolute atomic E-state index is 12.6. The van der Waals surface area contributed by atoms with E-state index in [1.807, 2.05) is 0 Å². The second-order valence-corrected chi connectivity index (χ2v) is 11.4. The molecule has 0 aromatic heterocycles. The van der Waals surface area contributed by atoms with E-state index in [-0.39, 0.29) is 41.6 Å². The Kier molecular flexibility index (Phi) is 8.54. The van der Waals surface area contributed by atoms with Gasteiger partial charge in [-0.15, -0.1) is 11.8 Å². The van der Waals surface area contributed by atoms with Gasteiger partial charge < -0.3 is 14.6 Å². The molecule has 3 heterocycles. The van der Waals surface area contributed by atoms with Gasteiger partial charge in [0.25, 0.3) is 0 Å². The van der Waals surface area contributed by atoms with Gasteiger partial charge in [0.15, 0.2) is 5.70 Å². The molecule has 0 bridgehead atoms. The van der Waals surface area contributed by atoms with Gasteiger partial charge in [0.2, 0.25) is 12.7 Å². The Morgan fingerprint density at radius 3 is 2.59 bits per heavy atom. The number of ether oxygens (including phenoxy) is 2. The number of hydrogen-bond acceptors (Lipinski definition) is 9. The molecule has 0 saturated carbocycles. The fourth-order valence-corrected chi connectivity index (χ4v) is 8.33. The minimum atomic E-state index is -0.860. The molecule has 0 spiro atoms. The van der Waals surface area contributed by atoms with Gasteiger partial charge in [-0.1, -0.05) is 25.6 Å². The number of hydrogen-bond donors (Lipinski definition) is 1. The smallest absolute Gasteiger partial charge is 0.359 e. The highest BCUT2D eigenvalue weighted by Gasteiger charge is 2.58. The van der Waals surface area contributed by atoms with E-state index in [0.29, 0.717) is 15.7 Å². The van der Waals surface area contributed by atoms with Crippen LogP contribution in [-0.4, -0.2) is 67.1 Å². The zero-order valence-electron chi connectivity index (χ0n) is 16.3. The minimum Gasteiger partial charge on any atom is -0.428 e. The van der Waals surface area contributed by atoms with E-state index in [1.165, 1.54) is 28.4 Å². The number of esters is 2. The molecule has 0 aliphatic carbocycles. The molecule has 3 rings (SSSR count). The lowest BCUT2D eigenvalue weighted by Crippen LogP contribution is -2.60. The zero-order valence-corrected chi connectivity index (χ0v) is 19.7. The SMILES string of the molecule is CC(C)C(=O)OCOC(=O)C1=C(SC2CCS(=O)C2)S[C@@H]2[C@@H]([C@@H](C)O)C(=O)N12.S. The van der Waals surface area contributed by atoms with E-state index in [4.69, 9.17) is 9.47 Å². The van der Waals surface area contributed by atoms with Crippen molar-refractivity contribution in [2.45, 2.75) is 43.9 Å². The number of carbonyl (C=O) groups is 3. The quantitative estimate of drug-likeness (QED) is 0.324. The Labute approximate surface area is 187 Å². The summed E-state index contributed by atoms with van der Waals surface area (Å²) >= 11 is 2.78. The Balaban J connectivity index is 0.00000300. The van der Waals surface area contributed by atoms with Gasteiger partial charge in [-0.05, 0) is 13.3 Å². The number of thioether (sulfide) groups is 2. The van der Waals surface area contributed by atoms with Crippen molar-refractivity contribution >= 4 is 65.7 Å². The van der Waals surface area contributed by atoms with Crippen molar-refractivity contribution in [3.05, 3.63) is 9.93 Å². The molecular formula is C17H25NO7S4. The summed E-state index contributed by atoms with van der Waals surface area (Å²) in [7, 11) is -0.860. The lowest BCUT2D eigenvalue weighted by molar-refractivity contribution is -0.171. The van der Waals surface area contributed by atoms with Crippen molar-refractivity contribution in [3.63, 3.8) is 0 Å². The minimum absolute atomic E-state index is 0. The Bertz CT molecular complexity index is 739. The van der Waals surface area contributed by atoms with Crippen LogP contribution in [0.25, 0.3) is 0 Å². The molecule has 8 nitrogen and oxygen atoms in total. The molecule has 2 fully saturated rings. The van der Waals surface area contributed by atoms with Crippen LogP contribution in [0.2, 0.25) is 0 Å². The van der Waals surface area contributed by atoms with Crippen LogP contribution in [0.15, 0.2) is 9.93 Å². The van der Waals surface area contributed by atoms with Crippen LogP contribution in [0.4, 0.5) is 0 Å². The second kappa shape index (κ2) is 10.1. The fourth-order valence-electron chi connectivity index (χ4n) is 3.08. The maximum atomic E-state index is 12.6. The summed E-state index contributed by atoms with van der Waals surface area (Å²) in [5.74, 6) is -1.32. The first kappa shape index (κ1) is 24.6. The number of carbonyl (C=O) groups excluding carboxylic acids is 3. The third-order valence-electron chi connectivity index (χ3n) is 4.63. The van der Waals surface area contributed by atoms with Crippen molar-refractivity contribution in [1.29, 1.82) is 0 Å². The monoisotopic (exact) mass is 483 g/mol. The summed E-state index contributed by atoms with van der Waals surface area (Å²) < 4.78 is 22.3. The predicted octanol–water partition coefficient (Wildman–Crippen LogP) is 1.13. The van der Waals surface area contributed by atoms with Crippen molar-refractivity contribution in [3.8, 4) is 0 Å². The Morgan fingerprint density at radius 1 is 1.34 bits per heavy atom. The van der Waals surface area contributed by atoms with E-state index in [0.717, 1.165) is 6.42 Å². The molecule has 5 atom stereocenters. The fraction of sp³-hybridized carbons (Fsp3) is 0.706. The average Bonchev–Trinajstić information content (AvgIpc) is 3.15. The summed E-state index contributed by atoms with van der Waals surface area (Å²) in [6, 6.07) is 0. The molecule has 2 unspecified atom stereocenters. The second-order valence-electron chi connectivity index (χ2n) is 7.13. The van der Waals surface area contributed by atoms with Gasteiger partial charge in [-0.3, -0.25) is 18.7 Å². The highest BCUT2D eigenvalue weighted by atomic mass is 32.2. The standard InChI is InChI=1S/C17H23NO7S3.H2S/c1-8(2)15(21)24-7-25-16(22)12-17(26-10-4-5-28(23)6-10)27-14-11(9(3)19)13(20)18(12)14;/h8-11,14,19H,4-7H2,1-3H3;1H2/t9-,10?,11+,14-,28?;/m1./s1. The van der Waals surface area contributed by atoms with Gasteiger partial charge in [0.05, 0.1) is 22.2 Å². The first-order chi connectivity index (χ1) is 13.2. The molecule has 0 aromatic carbocycles. The first-order valence-electron chi connectivity index (χ1n) is 8.98. The summed E-state index contributed by atoms with van der Waals surface area (Å²) in [5, 5.41) is 9.62. The van der Waals surface area contributed by atoms with Crippen LogP contribution < -0.4 is 0 Å². The average molecular weight is 484 g/mol. The zero-order chi connectivity index (χ0) is 20.6. The van der Waals surface area contributed by atoms with Crippen LogP contribution in [0, 0.1) is 11.8 Å². The highest BCUT2D eigenvalue weighted by molar-refractivity contribution is 8.23. The number of β-lactam (4-membered cyclic amide) rings is 1. The van der Waals surface area contributed by atoms with Gasteiger partial charge in [-0.25, -0.2) is 4.79 Å². The molecule has 0 aromatic rings. The summed E-state index contributed by atoms with van der Waals surface area (Å²) in [5.41, 5.74) is 0.125. The van der Waals surface area contributed by atoms with Crippen LogP contribution in [0.5, 0.6) is 0 Å². The normalized spacial score (nSPS) is 29.3. The molecule has 164 valence electrons. The van der Waals surface area contributed by atoms with Gasteiger partial charge in [-0.2, -0.15) is 13.5 Å². The topological polar surface area (TPSA) is 110 Å². The van der Waals surface area contributed by atoms with Crippen molar-refractivity contribution in [2.75, 3.05) is 18.3 Å².